The number of hydrogen-bond acceptors (Lipinski definition) is 11. The molecule has 3 aliphatic rings. The van der Waals surface area contributed by atoms with E-state index in [1.54, 1.807) is 13.0 Å². The molecule has 0 aliphatic heterocycles. The van der Waals surface area contributed by atoms with E-state index in [1.165, 1.54) is 49.3 Å². The van der Waals surface area contributed by atoms with Gasteiger partial charge in [0, 0.05) is 29.2 Å². The molecule has 13 nitrogen and oxygen atoms in total. The minimum atomic E-state index is -3.00. The number of aliphatic hydroxyl groups is 4. The molecule has 0 saturated heterocycles. The maximum absolute atomic E-state index is 14.0. The predicted molar refractivity (Wildman–Crippen MR) is 142 cm³/mol. The predicted octanol–water partition coefficient (Wildman–Crippen LogP) is 1.07. The van der Waals surface area contributed by atoms with Crippen LogP contribution >= 0.6 is 0 Å². The number of carbonyl (C=O) groups excluding carboxylic acids is 3. The van der Waals surface area contributed by atoms with E-state index in [0.717, 1.165) is 0 Å². The maximum Gasteiger partial charge on any atom is 0.269 e. The van der Waals surface area contributed by atoms with Gasteiger partial charge in [0.05, 0.1) is 28.6 Å². The number of non-ortho nitro benzene ring substituents is 1. The summed E-state index contributed by atoms with van der Waals surface area (Å²) in [5.41, 5.74) is 1.35. The van der Waals surface area contributed by atoms with E-state index < -0.39 is 86.3 Å². The number of nitrogens with zero attached hydrogens (tertiary/aromatic N) is 2. The first-order valence-corrected chi connectivity index (χ1v) is 12.6. The molecule has 1 fully saturated rings. The van der Waals surface area contributed by atoms with Crippen molar-refractivity contribution in [1.29, 1.82) is 0 Å². The molecule has 13 heteroatoms. The summed E-state index contributed by atoms with van der Waals surface area (Å²) < 4.78 is 0. The van der Waals surface area contributed by atoms with E-state index in [9.17, 15) is 50.0 Å². The molecule has 0 aromatic heterocycles. The lowest BCUT2D eigenvalue weighted by Gasteiger charge is -2.53. The first kappa shape index (κ1) is 28.0. The Morgan fingerprint density at radius 2 is 1.68 bits per heavy atom. The van der Waals surface area contributed by atoms with Crippen molar-refractivity contribution in [3.05, 3.63) is 74.5 Å². The highest BCUT2D eigenvalue weighted by Gasteiger charge is 2.68. The summed E-state index contributed by atoms with van der Waals surface area (Å²) in [4.78, 5) is 51.2. The zero-order valence-electron chi connectivity index (χ0n) is 22.1. The number of ketones is 2. The average Bonchev–Trinajstić information content (AvgIpc) is 2.90. The van der Waals surface area contributed by atoms with Crippen molar-refractivity contribution in [2.45, 2.75) is 30.6 Å². The van der Waals surface area contributed by atoms with Gasteiger partial charge in [0.1, 0.15) is 22.8 Å². The molecule has 214 valence electrons. The summed E-state index contributed by atoms with van der Waals surface area (Å²) in [6, 6.07) is 6.93. The normalized spacial score (nSPS) is 29.3. The third-order valence-corrected chi connectivity index (χ3v) is 8.52. The Labute approximate surface area is 232 Å². The number of aliphatic hydroxyl groups excluding tert-OH is 3. The molecule has 0 radical (unpaired) electrons. The van der Waals surface area contributed by atoms with Crippen LogP contribution in [0.15, 0.2) is 53.3 Å². The number of amides is 1. The second-order valence-electron chi connectivity index (χ2n) is 10.8. The van der Waals surface area contributed by atoms with Gasteiger partial charge in [-0.15, -0.1) is 0 Å². The Bertz CT molecular complexity index is 1610. The minimum Gasteiger partial charge on any atom is -0.508 e. The quantitative estimate of drug-likeness (QED) is 0.175. The van der Waals surface area contributed by atoms with Crippen LogP contribution in [0.1, 0.15) is 24.0 Å². The fourth-order valence-electron chi connectivity index (χ4n) is 6.61. The van der Waals surface area contributed by atoms with Gasteiger partial charge in [-0.2, -0.15) is 0 Å². The second kappa shape index (κ2) is 9.23. The smallest absolute Gasteiger partial charge is 0.269 e. The van der Waals surface area contributed by atoms with E-state index in [0.29, 0.717) is 11.1 Å². The van der Waals surface area contributed by atoms with Gasteiger partial charge in [-0.25, -0.2) is 0 Å². The first-order chi connectivity index (χ1) is 19.2. The standard InChI is InChI=1S/C28H27N3O10/c1-10-13-8-9-14(11-4-6-12(7-5-11)31(40)41)21(32)16(13)22(33)17-15(10)23(34)19-20(30(2)3)24(35)18(27(29)38)26(37)28(19,39)25(17)36/h4-10,15,19-20,23,32-34,37,39H,1-3H3,(H2,29,38)/t10-,15?,19?,20-,23-,28-/m0/s1. The van der Waals surface area contributed by atoms with Gasteiger partial charge < -0.3 is 31.3 Å². The van der Waals surface area contributed by atoms with Crippen LogP contribution in [0.25, 0.3) is 16.9 Å². The van der Waals surface area contributed by atoms with Crippen molar-refractivity contribution in [2.75, 3.05) is 14.1 Å². The second-order valence-corrected chi connectivity index (χ2v) is 10.8. The van der Waals surface area contributed by atoms with Gasteiger partial charge in [0.25, 0.3) is 11.6 Å². The number of nitro groups is 1. The van der Waals surface area contributed by atoms with Crippen molar-refractivity contribution < 1.29 is 44.8 Å². The Balaban J connectivity index is 1.75. The molecule has 7 N–H and O–H groups in total. The van der Waals surface area contributed by atoms with Crippen LogP contribution in [0.3, 0.4) is 0 Å². The third kappa shape index (κ3) is 3.63. The van der Waals surface area contributed by atoms with Crippen molar-refractivity contribution in [2.24, 2.45) is 17.6 Å². The van der Waals surface area contributed by atoms with Gasteiger partial charge in [0.15, 0.2) is 11.4 Å². The molecule has 6 atom stereocenters. The Morgan fingerprint density at radius 3 is 2.22 bits per heavy atom. The maximum atomic E-state index is 14.0. The molecule has 0 heterocycles. The number of benzene rings is 2. The molecule has 2 aromatic carbocycles. The summed E-state index contributed by atoms with van der Waals surface area (Å²) in [5, 5.41) is 68.1. The third-order valence-electron chi connectivity index (χ3n) is 8.52. The number of likely N-dealkylation sites (N-methyl/N-ethyl adjacent to an activating group) is 1. The highest BCUT2D eigenvalue weighted by atomic mass is 16.6. The number of nitro benzene ring substituents is 1. The fraction of sp³-hybridized carbons (Fsp3) is 0.321. The van der Waals surface area contributed by atoms with Gasteiger partial charge in [-0.1, -0.05) is 19.1 Å². The number of phenols is 1. The minimum absolute atomic E-state index is 0.170. The van der Waals surface area contributed by atoms with Crippen molar-refractivity contribution in [3.63, 3.8) is 0 Å². The van der Waals surface area contributed by atoms with E-state index >= 15 is 0 Å². The van der Waals surface area contributed by atoms with E-state index in [-0.39, 0.29) is 16.8 Å². The Morgan fingerprint density at radius 1 is 1.07 bits per heavy atom. The van der Waals surface area contributed by atoms with Gasteiger partial charge in [-0.05, 0) is 43.3 Å². The number of nitrogens with two attached hydrogens (primary N) is 1. The lowest BCUT2D eigenvalue weighted by Crippen LogP contribution is -2.70. The van der Waals surface area contributed by atoms with Crippen molar-refractivity contribution in [3.8, 4) is 16.9 Å². The molecular formula is C28H27N3O10. The molecule has 2 unspecified atom stereocenters. The van der Waals surface area contributed by atoms with Gasteiger partial charge in [-0.3, -0.25) is 29.4 Å². The SMILES string of the molecule is C[C@H]1c2ccc(-c3ccc([N+](=O)[O-])cc3)c(O)c2C(O)=C2C(=O)[C@]3(O)C(O)=C(C(N)=O)C(=O)[C@@H](N(C)C)C3[C@@H](O)C21. The van der Waals surface area contributed by atoms with Crippen LogP contribution < -0.4 is 5.73 Å². The molecule has 41 heavy (non-hydrogen) atoms. The number of Topliss-reactive ketones (excluding diaryl/α,β-unsaturated/α-hetero) is 2. The van der Waals surface area contributed by atoms with Crippen LogP contribution in [0.5, 0.6) is 5.75 Å². The number of fused-ring (bicyclic) bond motifs is 3. The summed E-state index contributed by atoms with van der Waals surface area (Å²) in [5.74, 6) is -9.75. The highest BCUT2D eigenvalue weighted by molar-refractivity contribution is 6.24. The molecule has 3 aliphatic carbocycles. The summed E-state index contributed by atoms with van der Waals surface area (Å²) in [6.45, 7) is 1.63. The topological polar surface area (TPSA) is 225 Å². The van der Waals surface area contributed by atoms with Crippen LogP contribution in [0, 0.1) is 22.0 Å². The van der Waals surface area contributed by atoms with Crippen LogP contribution in [0.4, 0.5) is 5.69 Å². The Hall–Kier alpha value is -4.59. The number of carbonyl (C=O) groups is 3. The van der Waals surface area contributed by atoms with Crippen molar-refractivity contribution >= 4 is 28.9 Å². The monoisotopic (exact) mass is 565 g/mol. The fourth-order valence-corrected chi connectivity index (χ4v) is 6.61. The van der Waals surface area contributed by atoms with Gasteiger partial charge >= 0.3 is 0 Å². The van der Waals surface area contributed by atoms with Crippen LogP contribution in [0.2, 0.25) is 0 Å². The lowest BCUT2D eigenvalue weighted by molar-refractivity contribution is -0.384. The molecule has 1 amide bonds. The lowest BCUT2D eigenvalue weighted by atomic mass is 9.54. The molecule has 2 aromatic rings. The van der Waals surface area contributed by atoms with Crippen molar-refractivity contribution in [1.82, 2.24) is 4.90 Å². The van der Waals surface area contributed by atoms with E-state index in [2.05, 4.69) is 0 Å². The summed E-state index contributed by atoms with van der Waals surface area (Å²) in [7, 11) is 2.86. The molecular weight excluding hydrogens is 538 g/mol. The number of rotatable bonds is 4. The van der Waals surface area contributed by atoms with Crippen LogP contribution in [-0.2, 0) is 14.4 Å². The number of primary amides is 1. The molecule has 1 saturated carbocycles. The van der Waals surface area contributed by atoms with Gasteiger partial charge in [0.2, 0.25) is 5.78 Å². The van der Waals surface area contributed by atoms with Crippen LogP contribution in [-0.4, -0.2) is 84.7 Å². The first-order valence-electron chi connectivity index (χ1n) is 12.6. The zero-order chi connectivity index (χ0) is 30.3. The number of aromatic hydroxyl groups is 1. The van der Waals surface area contributed by atoms with E-state index in [4.69, 9.17) is 5.73 Å². The number of hydrogen-bond donors (Lipinski definition) is 6. The highest BCUT2D eigenvalue weighted by Crippen LogP contribution is 2.56. The molecule has 0 spiro atoms. The van der Waals surface area contributed by atoms with E-state index in [1.807, 2.05) is 0 Å². The number of phenolic OH excluding ortho intramolecular Hbond substituents is 1. The summed E-state index contributed by atoms with van der Waals surface area (Å²) in [6.07, 6.45) is -1.69. The average molecular weight is 566 g/mol. The summed E-state index contributed by atoms with van der Waals surface area (Å²) >= 11 is 0. The molecule has 0 bridgehead atoms. The largest absolute Gasteiger partial charge is 0.508 e. The molecule has 5 rings (SSSR count). The Kier molecular flexibility index (Phi) is 6.29. The zero-order valence-corrected chi connectivity index (χ0v) is 22.1.